The lowest BCUT2D eigenvalue weighted by atomic mass is 9.78. The Kier molecular flexibility index (Phi) is 5.42. The molecule has 0 radical (unpaired) electrons. The number of carbonyl (C=O) groups excluding carboxylic acids is 4. The quantitative estimate of drug-likeness (QED) is 0.666. The predicted molar refractivity (Wildman–Crippen MR) is 130 cm³/mol. The number of carbonyl (C=O) groups is 4. The van der Waals surface area contributed by atoms with Crippen LogP contribution in [0.5, 0.6) is 0 Å². The summed E-state index contributed by atoms with van der Waals surface area (Å²) in [5, 5.41) is 5.33. The lowest BCUT2D eigenvalue weighted by Crippen LogP contribution is -2.50. The van der Waals surface area contributed by atoms with Crippen molar-refractivity contribution in [2.24, 2.45) is 5.41 Å². The van der Waals surface area contributed by atoms with E-state index in [4.69, 9.17) is 0 Å². The van der Waals surface area contributed by atoms with Crippen LogP contribution in [0.3, 0.4) is 0 Å². The SMILES string of the molecule is CN1C(=O)NC(=O)[C@@]12Cc1ccc(NC(=O)CN3C(=O)C(C)(C)CC[C@H]3c3ccccc3)cc1C2. The molecule has 0 unspecified atom stereocenters. The van der Waals surface area contributed by atoms with Crippen molar-refractivity contribution in [2.75, 3.05) is 18.9 Å². The van der Waals surface area contributed by atoms with Crippen molar-refractivity contribution in [3.8, 4) is 0 Å². The molecule has 2 atom stereocenters. The van der Waals surface area contributed by atoms with Crippen LogP contribution in [0, 0.1) is 5.41 Å². The fourth-order valence-electron chi connectivity index (χ4n) is 5.62. The predicted octanol–water partition coefficient (Wildman–Crippen LogP) is 3.03. The lowest BCUT2D eigenvalue weighted by Gasteiger charge is -2.43. The number of piperidine rings is 1. The molecule has 2 saturated heterocycles. The minimum absolute atomic E-state index is 0.0244. The Morgan fingerprint density at radius 3 is 2.46 bits per heavy atom. The van der Waals surface area contributed by atoms with Gasteiger partial charge in [0.05, 0.1) is 6.04 Å². The molecule has 5 rings (SSSR count). The zero-order valence-corrected chi connectivity index (χ0v) is 20.3. The largest absolute Gasteiger partial charge is 0.326 e. The Morgan fingerprint density at radius 1 is 1.06 bits per heavy atom. The average molecular weight is 475 g/mol. The summed E-state index contributed by atoms with van der Waals surface area (Å²) in [5.41, 5.74) is 2.13. The molecule has 5 amide bonds. The highest BCUT2D eigenvalue weighted by Crippen LogP contribution is 2.41. The molecule has 2 aromatic carbocycles. The summed E-state index contributed by atoms with van der Waals surface area (Å²) in [6.45, 7) is 3.82. The van der Waals surface area contributed by atoms with Gasteiger partial charge >= 0.3 is 6.03 Å². The lowest BCUT2D eigenvalue weighted by molar-refractivity contribution is -0.150. The van der Waals surface area contributed by atoms with E-state index < -0.39 is 17.0 Å². The first-order chi connectivity index (χ1) is 16.6. The van der Waals surface area contributed by atoms with Gasteiger partial charge < -0.3 is 15.1 Å². The molecule has 182 valence electrons. The van der Waals surface area contributed by atoms with E-state index in [1.807, 2.05) is 56.3 Å². The standard InChI is InChI=1S/C27H30N4O4/c1-26(2)12-11-21(17-7-5-4-6-8-17)31(24(26)34)16-22(32)28-20-10-9-18-14-27(15-19(18)13-20)23(33)29-25(35)30(27)3/h4-10,13,21H,11-12,14-16H2,1-3H3,(H,28,32)(H,29,33,35)/t21-,27-/m0/s1. The first-order valence-electron chi connectivity index (χ1n) is 12.0. The Hall–Kier alpha value is -3.68. The summed E-state index contributed by atoms with van der Waals surface area (Å²) in [5.74, 6) is -0.580. The van der Waals surface area contributed by atoms with Crippen LogP contribution < -0.4 is 10.6 Å². The summed E-state index contributed by atoms with van der Waals surface area (Å²) in [6.07, 6.45) is 2.40. The highest BCUT2D eigenvalue weighted by atomic mass is 16.2. The first-order valence-corrected chi connectivity index (χ1v) is 12.0. The third kappa shape index (κ3) is 3.87. The second-order valence-corrected chi connectivity index (χ2v) is 10.5. The number of likely N-dealkylation sites (N-methyl/N-ethyl adjacent to an activating group) is 1. The monoisotopic (exact) mass is 474 g/mol. The number of hydrogen-bond acceptors (Lipinski definition) is 4. The molecular formula is C27H30N4O4. The maximum absolute atomic E-state index is 13.3. The van der Waals surface area contributed by atoms with E-state index in [0.717, 1.165) is 29.5 Å². The highest BCUT2D eigenvalue weighted by Gasteiger charge is 2.54. The van der Waals surface area contributed by atoms with E-state index in [-0.39, 0.29) is 30.3 Å². The van der Waals surface area contributed by atoms with Crippen LogP contribution >= 0.6 is 0 Å². The number of imide groups is 1. The van der Waals surface area contributed by atoms with Crippen LogP contribution in [0.1, 0.15) is 49.4 Å². The van der Waals surface area contributed by atoms with Crippen molar-refractivity contribution >= 4 is 29.4 Å². The number of benzene rings is 2. The van der Waals surface area contributed by atoms with Crippen LogP contribution in [0.15, 0.2) is 48.5 Å². The molecule has 8 nitrogen and oxygen atoms in total. The number of nitrogens with zero attached hydrogens (tertiary/aromatic N) is 2. The topological polar surface area (TPSA) is 98.8 Å². The van der Waals surface area contributed by atoms with Gasteiger partial charge in [0.25, 0.3) is 5.91 Å². The molecule has 2 heterocycles. The second-order valence-electron chi connectivity index (χ2n) is 10.5. The molecule has 2 N–H and O–H groups in total. The molecular weight excluding hydrogens is 444 g/mol. The van der Waals surface area contributed by atoms with Gasteiger partial charge in [-0.3, -0.25) is 19.7 Å². The maximum Gasteiger partial charge on any atom is 0.324 e. The molecule has 1 spiro atoms. The van der Waals surface area contributed by atoms with Crippen molar-refractivity contribution in [2.45, 2.75) is 51.1 Å². The van der Waals surface area contributed by atoms with E-state index >= 15 is 0 Å². The number of likely N-dealkylation sites (tertiary alicyclic amines) is 1. The van der Waals surface area contributed by atoms with E-state index in [0.29, 0.717) is 18.5 Å². The fourth-order valence-corrected chi connectivity index (χ4v) is 5.62. The van der Waals surface area contributed by atoms with Crippen molar-refractivity contribution in [3.63, 3.8) is 0 Å². The number of urea groups is 1. The molecule has 3 aliphatic rings. The van der Waals surface area contributed by atoms with Gasteiger partial charge in [0.1, 0.15) is 12.1 Å². The minimum Gasteiger partial charge on any atom is -0.326 e. The van der Waals surface area contributed by atoms with Gasteiger partial charge in [-0.2, -0.15) is 0 Å². The Balaban J connectivity index is 1.32. The number of rotatable bonds is 4. The fraction of sp³-hybridized carbons (Fsp3) is 0.407. The van der Waals surface area contributed by atoms with E-state index in [1.165, 1.54) is 4.90 Å². The van der Waals surface area contributed by atoms with Gasteiger partial charge in [-0.25, -0.2) is 4.79 Å². The second kappa shape index (κ2) is 8.22. The molecule has 2 aromatic rings. The van der Waals surface area contributed by atoms with Gasteiger partial charge in [-0.05, 0) is 41.7 Å². The molecule has 35 heavy (non-hydrogen) atoms. The van der Waals surface area contributed by atoms with Gasteiger partial charge in [0.2, 0.25) is 11.8 Å². The van der Waals surface area contributed by atoms with Gasteiger partial charge in [0, 0.05) is 31.0 Å². The molecule has 0 aromatic heterocycles. The summed E-state index contributed by atoms with van der Waals surface area (Å²) in [7, 11) is 1.63. The zero-order valence-electron chi connectivity index (χ0n) is 20.3. The van der Waals surface area contributed by atoms with Crippen molar-refractivity contribution in [3.05, 3.63) is 65.2 Å². The Bertz CT molecular complexity index is 1220. The number of amides is 5. The van der Waals surface area contributed by atoms with Crippen LogP contribution in [-0.2, 0) is 27.2 Å². The molecule has 0 bridgehead atoms. The van der Waals surface area contributed by atoms with Crippen LogP contribution in [-0.4, -0.2) is 52.7 Å². The van der Waals surface area contributed by atoms with Gasteiger partial charge in [0.15, 0.2) is 0 Å². The minimum atomic E-state index is -0.906. The van der Waals surface area contributed by atoms with E-state index in [1.54, 1.807) is 18.0 Å². The van der Waals surface area contributed by atoms with Crippen molar-refractivity contribution in [1.29, 1.82) is 0 Å². The third-order valence-corrected chi connectivity index (χ3v) is 7.80. The average Bonchev–Trinajstić information content (AvgIpc) is 3.30. The number of hydrogen-bond donors (Lipinski definition) is 2. The van der Waals surface area contributed by atoms with Crippen molar-refractivity contribution < 1.29 is 19.2 Å². The van der Waals surface area contributed by atoms with Crippen LogP contribution in [0.2, 0.25) is 0 Å². The number of nitrogens with one attached hydrogen (secondary N) is 2. The van der Waals surface area contributed by atoms with Crippen LogP contribution in [0.25, 0.3) is 0 Å². The molecule has 2 aliphatic heterocycles. The third-order valence-electron chi connectivity index (χ3n) is 7.80. The zero-order chi connectivity index (χ0) is 25.0. The summed E-state index contributed by atoms with van der Waals surface area (Å²) in [6, 6.07) is 14.9. The molecule has 2 fully saturated rings. The summed E-state index contributed by atoms with van der Waals surface area (Å²) < 4.78 is 0. The van der Waals surface area contributed by atoms with Gasteiger partial charge in [-0.15, -0.1) is 0 Å². The van der Waals surface area contributed by atoms with E-state index in [9.17, 15) is 19.2 Å². The summed E-state index contributed by atoms with van der Waals surface area (Å²) in [4.78, 5) is 54.1. The Labute approximate surface area is 204 Å². The normalized spacial score (nSPS) is 25.1. The molecule has 8 heteroatoms. The molecule has 1 aliphatic carbocycles. The highest BCUT2D eigenvalue weighted by molar-refractivity contribution is 6.07. The maximum atomic E-state index is 13.3. The summed E-state index contributed by atoms with van der Waals surface area (Å²) >= 11 is 0. The Morgan fingerprint density at radius 2 is 1.77 bits per heavy atom. The first kappa shape index (κ1) is 23.1. The number of fused-ring (bicyclic) bond motifs is 1. The van der Waals surface area contributed by atoms with Crippen LogP contribution in [0.4, 0.5) is 10.5 Å². The van der Waals surface area contributed by atoms with Crippen molar-refractivity contribution in [1.82, 2.24) is 15.1 Å². The smallest absolute Gasteiger partial charge is 0.324 e. The van der Waals surface area contributed by atoms with Gasteiger partial charge in [-0.1, -0.05) is 50.2 Å². The molecule has 0 saturated carbocycles. The van der Waals surface area contributed by atoms with E-state index in [2.05, 4.69) is 10.6 Å². The number of anilines is 1.